The van der Waals surface area contributed by atoms with Gasteiger partial charge in [0.05, 0.1) is 5.69 Å². The molecule has 132 valence electrons. The number of carbonyl (C=O) groups is 1. The number of thioether (sulfide) groups is 1. The van der Waals surface area contributed by atoms with Crippen LogP contribution in [0.5, 0.6) is 5.75 Å². The summed E-state index contributed by atoms with van der Waals surface area (Å²) in [5.41, 5.74) is -0.133. The second-order valence-electron chi connectivity index (χ2n) is 6.96. The molecule has 1 fully saturated rings. The summed E-state index contributed by atoms with van der Waals surface area (Å²) < 4.78 is 6.01. The van der Waals surface area contributed by atoms with Crippen molar-refractivity contribution in [3.8, 4) is 5.75 Å². The Bertz CT molecular complexity index is 605. The van der Waals surface area contributed by atoms with E-state index in [0.717, 1.165) is 30.1 Å². The lowest BCUT2D eigenvalue weighted by Gasteiger charge is -2.23. The molecule has 0 saturated heterocycles. The minimum absolute atomic E-state index is 0.0325. The molecule has 0 aromatic carbocycles. The quantitative estimate of drug-likeness (QED) is 0.712. The molecule has 0 bridgehead atoms. The summed E-state index contributed by atoms with van der Waals surface area (Å²) in [5.74, 6) is 1.09. The van der Waals surface area contributed by atoms with Gasteiger partial charge in [-0.2, -0.15) is 11.8 Å². The lowest BCUT2D eigenvalue weighted by molar-refractivity contribution is -0.158. The Hall–Kier alpha value is -1.27. The van der Waals surface area contributed by atoms with Crippen LogP contribution in [0.4, 0.5) is 0 Å². The van der Waals surface area contributed by atoms with Gasteiger partial charge in [0.25, 0.3) is 0 Å². The Morgan fingerprint density at radius 3 is 2.92 bits per heavy atom. The van der Waals surface area contributed by atoms with Crippen LogP contribution in [0.2, 0.25) is 0 Å². The number of carboxylic acid groups (broad SMARTS) is 1. The van der Waals surface area contributed by atoms with Crippen molar-refractivity contribution in [3.63, 3.8) is 0 Å². The third-order valence-corrected chi connectivity index (χ3v) is 5.61. The highest BCUT2D eigenvalue weighted by Crippen LogP contribution is 2.38. The average Bonchev–Trinajstić information content (AvgIpc) is 3.29. The Kier molecular flexibility index (Phi) is 5.35. The van der Waals surface area contributed by atoms with Crippen LogP contribution in [0.3, 0.4) is 0 Å². The number of aliphatic carboxylic acids is 1. The normalized spacial score (nSPS) is 21.8. The Labute approximate surface area is 146 Å². The molecule has 6 heteroatoms. The third kappa shape index (κ3) is 4.03. The first-order valence-corrected chi connectivity index (χ1v) is 9.99. The first kappa shape index (κ1) is 17.5. The van der Waals surface area contributed by atoms with Gasteiger partial charge in [0.2, 0.25) is 0 Å². The molecule has 5 nitrogen and oxygen atoms in total. The predicted octanol–water partition coefficient (Wildman–Crippen LogP) is 2.69. The van der Waals surface area contributed by atoms with Crippen molar-refractivity contribution >= 4 is 17.7 Å². The van der Waals surface area contributed by atoms with Crippen LogP contribution >= 0.6 is 11.8 Å². The van der Waals surface area contributed by atoms with E-state index in [9.17, 15) is 15.0 Å². The van der Waals surface area contributed by atoms with Crippen LogP contribution in [-0.2, 0) is 17.6 Å². The summed E-state index contributed by atoms with van der Waals surface area (Å²) in [5, 5.41) is 20.0. The molecule has 1 aliphatic carbocycles. The van der Waals surface area contributed by atoms with Gasteiger partial charge in [0.1, 0.15) is 11.9 Å². The second kappa shape index (κ2) is 7.31. The van der Waals surface area contributed by atoms with Crippen LogP contribution in [0, 0.1) is 5.92 Å². The smallest absolute Gasteiger partial charge is 0.336 e. The molecule has 0 spiro atoms. The summed E-state index contributed by atoms with van der Waals surface area (Å²) in [6.07, 6.45) is 9.64. The SMILES string of the molecule is CSCCC(O)(Cc1nccc2c1CC(CCC1CC1)O2)C(=O)O. The van der Waals surface area contributed by atoms with E-state index in [1.807, 2.05) is 12.3 Å². The number of fused-ring (bicyclic) bond motifs is 1. The van der Waals surface area contributed by atoms with E-state index in [4.69, 9.17) is 4.74 Å². The van der Waals surface area contributed by atoms with Gasteiger partial charge < -0.3 is 14.9 Å². The number of hydrogen-bond acceptors (Lipinski definition) is 5. The highest BCUT2D eigenvalue weighted by molar-refractivity contribution is 7.98. The summed E-state index contributed by atoms with van der Waals surface area (Å²) in [6, 6.07) is 1.84. The van der Waals surface area contributed by atoms with Crippen molar-refractivity contribution in [3.05, 3.63) is 23.5 Å². The number of ether oxygens (including phenoxy) is 1. The first-order chi connectivity index (χ1) is 11.5. The predicted molar refractivity (Wildman–Crippen MR) is 93.6 cm³/mol. The van der Waals surface area contributed by atoms with Crippen LogP contribution in [0.1, 0.15) is 43.4 Å². The van der Waals surface area contributed by atoms with E-state index in [1.165, 1.54) is 31.0 Å². The van der Waals surface area contributed by atoms with Gasteiger partial charge in [-0.1, -0.05) is 12.8 Å². The topological polar surface area (TPSA) is 79.7 Å². The standard InChI is InChI=1S/C18H25NO4S/c1-24-9-7-18(22,17(20)21)11-15-14-10-13(5-4-12-2-3-12)23-16(14)6-8-19-15/h6,8,12-13,22H,2-5,7,9-11H2,1H3,(H,20,21). The molecule has 0 radical (unpaired) electrons. The van der Waals surface area contributed by atoms with E-state index < -0.39 is 11.6 Å². The maximum atomic E-state index is 11.6. The molecule has 1 aromatic heterocycles. The largest absolute Gasteiger partial charge is 0.490 e. The highest BCUT2D eigenvalue weighted by Gasteiger charge is 2.38. The molecule has 24 heavy (non-hydrogen) atoms. The number of nitrogens with zero attached hydrogens (tertiary/aromatic N) is 1. The van der Waals surface area contributed by atoms with E-state index in [2.05, 4.69) is 4.98 Å². The van der Waals surface area contributed by atoms with Gasteiger partial charge in [-0.15, -0.1) is 0 Å². The Balaban J connectivity index is 1.71. The van der Waals surface area contributed by atoms with E-state index in [1.54, 1.807) is 6.20 Å². The summed E-state index contributed by atoms with van der Waals surface area (Å²) >= 11 is 1.53. The minimum atomic E-state index is -1.77. The number of hydrogen-bond donors (Lipinski definition) is 2. The van der Waals surface area contributed by atoms with Gasteiger partial charge in [-0.25, -0.2) is 4.79 Å². The molecule has 3 rings (SSSR count). The number of rotatable bonds is 9. The molecule has 2 aliphatic rings. The number of carboxylic acids is 1. The van der Waals surface area contributed by atoms with Gasteiger partial charge >= 0.3 is 5.97 Å². The zero-order chi connectivity index (χ0) is 17.2. The van der Waals surface area contributed by atoms with Crippen molar-refractivity contribution < 1.29 is 19.7 Å². The molecule has 2 heterocycles. The number of pyridine rings is 1. The molecule has 1 aliphatic heterocycles. The van der Waals surface area contributed by atoms with E-state index in [-0.39, 0.29) is 18.9 Å². The van der Waals surface area contributed by atoms with Crippen molar-refractivity contribution in [1.82, 2.24) is 4.98 Å². The lowest BCUT2D eigenvalue weighted by atomic mass is 9.91. The van der Waals surface area contributed by atoms with Gasteiger partial charge in [-0.05, 0) is 43.3 Å². The van der Waals surface area contributed by atoms with Crippen molar-refractivity contribution in [1.29, 1.82) is 0 Å². The summed E-state index contributed by atoms with van der Waals surface area (Å²) in [4.78, 5) is 15.9. The molecule has 2 atom stereocenters. The molecule has 1 aromatic rings. The van der Waals surface area contributed by atoms with Crippen molar-refractivity contribution in [2.45, 2.75) is 56.7 Å². The second-order valence-corrected chi connectivity index (χ2v) is 7.94. The third-order valence-electron chi connectivity index (χ3n) is 5.00. The maximum Gasteiger partial charge on any atom is 0.336 e. The molecule has 1 saturated carbocycles. The Morgan fingerprint density at radius 1 is 1.46 bits per heavy atom. The van der Waals surface area contributed by atoms with Crippen LogP contribution < -0.4 is 4.74 Å². The van der Waals surface area contributed by atoms with E-state index >= 15 is 0 Å². The fraction of sp³-hybridized carbons (Fsp3) is 0.667. The van der Waals surface area contributed by atoms with Crippen LogP contribution in [-0.4, -0.2) is 44.9 Å². The average molecular weight is 351 g/mol. The number of aromatic nitrogens is 1. The highest BCUT2D eigenvalue weighted by atomic mass is 32.2. The summed E-state index contributed by atoms with van der Waals surface area (Å²) in [7, 11) is 0. The van der Waals surface area contributed by atoms with Gasteiger partial charge in [0, 0.05) is 24.6 Å². The Morgan fingerprint density at radius 2 is 2.25 bits per heavy atom. The number of aliphatic hydroxyl groups is 1. The van der Waals surface area contributed by atoms with Crippen LogP contribution in [0.25, 0.3) is 0 Å². The zero-order valence-electron chi connectivity index (χ0n) is 14.0. The zero-order valence-corrected chi connectivity index (χ0v) is 14.8. The molecular weight excluding hydrogens is 326 g/mol. The fourth-order valence-corrected chi connectivity index (χ4v) is 3.80. The molecular formula is C18H25NO4S. The minimum Gasteiger partial charge on any atom is -0.490 e. The lowest BCUT2D eigenvalue weighted by Crippen LogP contribution is -2.42. The maximum absolute atomic E-state index is 11.6. The fourth-order valence-electron chi connectivity index (χ4n) is 3.25. The monoisotopic (exact) mass is 351 g/mol. The first-order valence-electron chi connectivity index (χ1n) is 8.60. The van der Waals surface area contributed by atoms with Gasteiger partial charge in [-0.3, -0.25) is 4.98 Å². The summed E-state index contributed by atoms with van der Waals surface area (Å²) in [6.45, 7) is 0. The molecule has 0 amide bonds. The van der Waals surface area contributed by atoms with Gasteiger partial charge in [0.15, 0.2) is 5.60 Å². The van der Waals surface area contributed by atoms with Crippen molar-refractivity contribution in [2.75, 3.05) is 12.0 Å². The molecule has 2 unspecified atom stereocenters. The van der Waals surface area contributed by atoms with Crippen LogP contribution in [0.15, 0.2) is 12.3 Å². The van der Waals surface area contributed by atoms with E-state index in [0.29, 0.717) is 11.4 Å². The molecule has 2 N–H and O–H groups in total. The van der Waals surface area contributed by atoms with Crippen molar-refractivity contribution in [2.24, 2.45) is 5.92 Å².